The maximum atomic E-state index is 13.4. The standard InChI is InChI=1S/C21H24F3NO4/c1-26-17-3-4-19(20(14-17)27-2)15-11-16(21(22,23)24)13-18(12-15)29-10-7-25-5-8-28-9-6-25/h3-4,11-14H,5-10H2,1-2H3. The highest BCUT2D eigenvalue weighted by molar-refractivity contribution is 5.73. The van der Waals surface area contributed by atoms with Crippen LogP contribution in [0.1, 0.15) is 5.56 Å². The highest BCUT2D eigenvalue weighted by atomic mass is 19.4. The topological polar surface area (TPSA) is 40.2 Å². The summed E-state index contributed by atoms with van der Waals surface area (Å²) in [6.45, 7) is 3.82. The van der Waals surface area contributed by atoms with Crippen molar-refractivity contribution >= 4 is 0 Å². The molecule has 2 aromatic carbocycles. The zero-order valence-electron chi connectivity index (χ0n) is 16.4. The van der Waals surface area contributed by atoms with Crippen molar-refractivity contribution < 1.29 is 32.1 Å². The van der Waals surface area contributed by atoms with Crippen LogP contribution in [-0.2, 0) is 10.9 Å². The van der Waals surface area contributed by atoms with E-state index >= 15 is 0 Å². The molecule has 1 aliphatic rings. The number of rotatable bonds is 7. The minimum Gasteiger partial charge on any atom is -0.497 e. The predicted molar refractivity (Wildman–Crippen MR) is 103 cm³/mol. The Morgan fingerprint density at radius 1 is 0.966 bits per heavy atom. The quantitative estimate of drug-likeness (QED) is 0.686. The monoisotopic (exact) mass is 411 g/mol. The van der Waals surface area contributed by atoms with Crippen LogP contribution in [0.2, 0.25) is 0 Å². The summed E-state index contributed by atoms with van der Waals surface area (Å²) in [4.78, 5) is 2.16. The number of halogens is 3. The van der Waals surface area contributed by atoms with Gasteiger partial charge in [0.25, 0.3) is 0 Å². The van der Waals surface area contributed by atoms with E-state index in [1.54, 1.807) is 24.3 Å². The van der Waals surface area contributed by atoms with Crippen molar-refractivity contribution in [1.82, 2.24) is 4.90 Å². The average molecular weight is 411 g/mol. The molecule has 1 saturated heterocycles. The molecule has 3 rings (SSSR count). The van der Waals surface area contributed by atoms with Gasteiger partial charge >= 0.3 is 6.18 Å². The van der Waals surface area contributed by atoms with Crippen LogP contribution in [-0.4, -0.2) is 58.6 Å². The summed E-state index contributed by atoms with van der Waals surface area (Å²) in [7, 11) is 2.98. The molecule has 1 fully saturated rings. The second kappa shape index (κ2) is 9.37. The number of alkyl halides is 3. The molecular formula is C21H24F3NO4. The summed E-state index contributed by atoms with van der Waals surface area (Å²) in [6.07, 6.45) is -4.49. The molecule has 1 heterocycles. The van der Waals surface area contributed by atoms with Crippen LogP contribution in [0.15, 0.2) is 36.4 Å². The summed E-state index contributed by atoms with van der Waals surface area (Å²) in [5, 5.41) is 0. The lowest BCUT2D eigenvalue weighted by Crippen LogP contribution is -2.38. The second-order valence-electron chi connectivity index (χ2n) is 6.61. The molecule has 0 radical (unpaired) electrons. The van der Waals surface area contributed by atoms with E-state index in [-0.39, 0.29) is 5.75 Å². The van der Waals surface area contributed by atoms with E-state index in [1.807, 2.05) is 0 Å². The molecule has 0 N–H and O–H groups in total. The number of hydrogen-bond donors (Lipinski definition) is 0. The number of hydrogen-bond acceptors (Lipinski definition) is 5. The lowest BCUT2D eigenvalue weighted by atomic mass is 10.0. The van der Waals surface area contributed by atoms with Crippen LogP contribution in [0, 0.1) is 0 Å². The minimum absolute atomic E-state index is 0.168. The number of morpholine rings is 1. The summed E-state index contributed by atoms with van der Waals surface area (Å²) >= 11 is 0. The van der Waals surface area contributed by atoms with Gasteiger partial charge in [-0.25, -0.2) is 0 Å². The molecule has 0 aromatic heterocycles. The average Bonchev–Trinajstić information content (AvgIpc) is 2.73. The third-order valence-electron chi connectivity index (χ3n) is 4.73. The number of benzene rings is 2. The fourth-order valence-corrected chi connectivity index (χ4v) is 3.16. The molecule has 0 aliphatic carbocycles. The van der Waals surface area contributed by atoms with Crippen molar-refractivity contribution in [3.63, 3.8) is 0 Å². The molecule has 0 bridgehead atoms. The molecule has 0 saturated carbocycles. The zero-order valence-corrected chi connectivity index (χ0v) is 16.4. The predicted octanol–water partition coefficient (Wildman–Crippen LogP) is 4.10. The molecule has 8 heteroatoms. The van der Waals surface area contributed by atoms with Gasteiger partial charge in [0.1, 0.15) is 23.9 Å². The van der Waals surface area contributed by atoms with E-state index in [0.29, 0.717) is 49.0 Å². The summed E-state index contributed by atoms with van der Waals surface area (Å²) in [5.41, 5.74) is 0.118. The van der Waals surface area contributed by atoms with Crippen LogP contribution in [0.25, 0.3) is 11.1 Å². The first-order valence-electron chi connectivity index (χ1n) is 9.28. The minimum atomic E-state index is -4.49. The van der Waals surface area contributed by atoms with Gasteiger partial charge in [-0.1, -0.05) is 0 Å². The molecule has 2 aromatic rings. The van der Waals surface area contributed by atoms with Gasteiger partial charge in [0.15, 0.2) is 0 Å². The molecule has 0 atom stereocenters. The maximum absolute atomic E-state index is 13.4. The SMILES string of the molecule is COc1ccc(-c2cc(OCCN3CCOCC3)cc(C(F)(F)F)c2)c(OC)c1. The van der Waals surface area contributed by atoms with Crippen molar-refractivity contribution in [2.24, 2.45) is 0 Å². The fourth-order valence-electron chi connectivity index (χ4n) is 3.16. The molecule has 29 heavy (non-hydrogen) atoms. The molecule has 158 valence electrons. The van der Waals surface area contributed by atoms with Crippen molar-refractivity contribution in [2.75, 3.05) is 53.7 Å². The molecular weight excluding hydrogens is 387 g/mol. The zero-order chi connectivity index (χ0) is 20.9. The van der Waals surface area contributed by atoms with Crippen molar-refractivity contribution in [1.29, 1.82) is 0 Å². The van der Waals surface area contributed by atoms with Gasteiger partial charge in [0.2, 0.25) is 0 Å². The van der Waals surface area contributed by atoms with E-state index in [9.17, 15) is 13.2 Å². The Kier molecular flexibility index (Phi) is 6.87. The van der Waals surface area contributed by atoms with Gasteiger partial charge < -0.3 is 18.9 Å². The lowest BCUT2D eigenvalue weighted by molar-refractivity contribution is -0.137. The van der Waals surface area contributed by atoms with E-state index in [0.717, 1.165) is 25.2 Å². The van der Waals surface area contributed by atoms with Gasteiger partial charge in [-0.2, -0.15) is 13.2 Å². The van der Waals surface area contributed by atoms with Crippen LogP contribution >= 0.6 is 0 Å². The number of methoxy groups -OCH3 is 2. The fraction of sp³-hybridized carbons (Fsp3) is 0.429. The first-order chi connectivity index (χ1) is 13.9. The van der Waals surface area contributed by atoms with E-state index in [1.165, 1.54) is 14.2 Å². The van der Waals surface area contributed by atoms with Crippen LogP contribution in [0.3, 0.4) is 0 Å². The third kappa shape index (κ3) is 5.55. The number of ether oxygens (including phenoxy) is 4. The largest absolute Gasteiger partial charge is 0.497 e. The Morgan fingerprint density at radius 3 is 2.38 bits per heavy atom. The third-order valence-corrected chi connectivity index (χ3v) is 4.73. The lowest BCUT2D eigenvalue weighted by Gasteiger charge is -2.26. The van der Waals surface area contributed by atoms with E-state index in [2.05, 4.69) is 4.90 Å². The van der Waals surface area contributed by atoms with Gasteiger partial charge in [-0.3, -0.25) is 4.90 Å². The summed E-state index contributed by atoms with van der Waals surface area (Å²) < 4.78 is 61.8. The Balaban J connectivity index is 1.86. The molecule has 0 unspecified atom stereocenters. The molecule has 5 nitrogen and oxygen atoms in total. The van der Waals surface area contributed by atoms with Gasteiger partial charge in [0.05, 0.1) is 33.0 Å². The highest BCUT2D eigenvalue weighted by Gasteiger charge is 2.32. The van der Waals surface area contributed by atoms with Crippen molar-refractivity contribution in [3.8, 4) is 28.4 Å². The molecule has 0 spiro atoms. The molecule has 1 aliphatic heterocycles. The summed E-state index contributed by atoms with van der Waals surface area (Å²) in [5.74, 6) is 1.14. The maximum Gasteiger partial charge on any atom is 0.416 e. The van der Waals surface area contributed by atoms with Gasteiger partial charge in [0, 0.05) is 31.3 Å². The van der Waals surface area contributed by atoms with Crippen molar-refractivity contribution in [2.45, 2.75) is 6.18 Å². The molecule has 0 amide bonds. The Bertz CT molecular complexity index is 820. The van der Waals surface area contributed by atoms with E-state index < -0.39 is 11.7 Å². The Labute approximate surface area is 167 Å². The Hall–Kier alpha value is -2.45. The Morgan fingerprint density at radius 2 is 1.72 bits per heavy atom. The second-order valence-corrected chi connectivity index (χ2v) is 6.61. The van der Waals surface area contributed by atoms with Crippen LogP contribution < -0.4 is 14.2 Å². The highest BCUT2D eigenvalue weighted by Crippen LogP contribution is 2.39. The first kappa shape index (κ1) is 21.3. The van der Waals surface area contributed by atoms with Crippen LogP contribution in [0.5, 0.6) is 17.2 Å². The smallest absolute Gasteiger partial charge is 0.416 e. The first-order valence-corrected chi connectivity index (χ1v) is 9.28. The van der Waals surface area contributed by atoms with Gasteiger partial charge in [-0.05, 0) is 35.9 Å². The van der Waals surface area contributed by atoms with Crippen LogP contribution in [0.4, 0.5) is 13.2 Å². The summed E-state index contributed by atoms with van der Waals surface area (Å²) in [6, 6.07) is 8.70. The van der Waals surface area contributed by atoms with Crippen molar-refractivity contribution in [3.05, 3.63) is 42.0 Å². The normalized spacial score (nSPS) is 15.2. The van der Waals surface area contributed by atoms with Gasteiger partial charge in [-0.15, -0.1) is 0 Å². The van der Waals surface area contributed by atoms with E-state index in [4.69, 9.17) is 18.9 Å². The number of nitrogens with zero attached hydrogens (tertiary/aromatic N) is 1.